The second-order valence-electron chi connectivity index (χ2n) is 6.65. The molecule has 26 heavy (non-hydrogen) atoms. The fourth-order valence-electron chi connectivity index (χ4n) is 2.19. The van der Waals surface area contributed by atoms with Crippen LogP contribution in [0, 0.1) is 6.92 Å². The number of hydrogen-bond acceptors (Lipinski definition) is 6. The first-order chi connectivity index (χ1) is 12.3. The first-order valence-corrected chi connectivity index (χ1v) is 9.14. The number of rotatable bonds is 7. The molecule has 0 aliphatic heterocycles. The predicted molar refractivity (Wildman–Crippen MR) is 103 cm³/mol. The highest BCUT2D eigenvalue weighted by Crippen LogP contribution is 2.29. The third-order valence-corrected chi connectivity index (χ3v) is 3.73. The van der Waals surface area contributed by atoms with Crippen LogP contribution in [0.4, 0.5) is 4.79 Å². The normalized spacial score (nSPS) is 11.4. The Morgan fingerprint density at radius 2 is 1.96 bits per heavy atom. The Bertz CT molecular complexity index is 762. The molecule has 142 valence electrons. The Morgan fingerprint density at radius 1 is 1.19 bits per heavy atom. The summed E-state index contributed by atoms with van der Waals surface area (Å²) >= 11 is 3.48. The summed E-state index contributed by atoms with van der Waals surface area (Å²) in [7, 11) is 0. The van der Waals surface area contributed by atoms with Gasteiger partial charge in [-0.15, -0.1) is 0 Å². The Morgan fingerprint density at radius 3 is 2.69 bits per heavy atom. The first-order valence-electron chi connectivity index (χ1n) is 8.34. The van der Waals surface area contributed by atoms with Crippen molar-refractivity contribution in [2.45, 2.75) is 33.3 Å². The standard InChI is InChI=1S/C18H24BrN3O4/c1-12-14-9-13(19)10-15(16(14)22-11-21-12)25-8-7-24-6-5-20-17(23)26-18(2,3)4/h9-11H,5-8H2,1-4H3,(H,20,23). The lowest BCUT2D eigenvalue weighted by atomic mass is 10.2. The molecule has 0 atom stereocenters. The molecule has 0 unspecified atom stereocenters. The van der Waals surface area contributed by atoms with Crippen molar-refractivity contribution in [1.82, 2.24) is 15.3 Å². The number of carbonyl (C=O) groups is 1. The van der Waals surface area contributed by atoms with Gasteiger partial charge in [0.1, 0.15) is 29.8 Å². The van der Waals surface area contributed by atoms with Crippen LogP contribution in [-0.4, -0.2) is 48.0 Å². The van der Waals surface area contributed by atoms with E-state index in [0.717, 1.165) is 21.1 Å². The van der Waals surface area contributed by atoms with E-state index in [2.05, 4.69) is 31.2 Å². The number of amides is 1. The molecule has 0 aliphatic carbocycles. The summed E-state index contributed by atoms with van der Waals surface area (Å²) in [5, 5.41) is 3.58. The van der Waals surface area contributed by atoms with Gasteiger partial charge in [0.05, 0.1) is 13.2 Å². The van der Waals surface area contributed by atoms with Crippen LogP contribution >= 0.6 is 15.9 Å². The molecule has 1 N–H and O–H groups in total. The number of nitrogens with zero attached hydrogens (tertiary/aromatic N) is 2. The summed E-state index contributed by atoms with van der Waals surface area (Å²) < 4.78 is 17.3. The van der Waals surface area contributed by atoms with E-state index in [1.807, 2.05) is 39.8 Å². The van der Waals surface area contributed by atoms with Gasteiger partial charge in [-0.2, -0.15) is 0 Å². The van der Waals surface area contributed by atoms with E-state index >= 15 is 0 Å². The number of nitrogens with one attached hydrogen (secondary N) is 1. The van der Waals surface area contributed by atoms with Crippen LogP contribution in [0.25, 0.3) is 10.9 Å². The van der Waals surface area contributed by atoms with E-state index in [4.69, 9.17) is 14.2 Å². The quantitative estimate of drug-likeness (QED) is 0.681. The van der Waals surface area contributed by atoms with Gasteiger partial charge in [-0.3, -0.25) is 0 Å². The molecule has 1 aromatic heterocycles. The van der Waals surface area contributed by atoms with E-state index < -0.39 is 11.7 Å². The highest BCUT2D eigenvalue weighted by Gasteiger charge is 2.15. The van der Waals surface area contributed by atoms with Gasteiger partial charge in [0, 0.05) is 22.1 Å². The maximum absolute atomic E-state index is 11.5. The minimum atomic E-state index is -0.507. The average molecular weight is 426 g/mol. The summed E-state index contributed by atoms with van der Waals surface area (Å²) in [4.78, 5) is 20.0. The number of ether oxygens (including phenoxy) is 3. The summed E-state index contributed by atoms with van der Waals surface area (Å²) in [6, 6.07) is 3.84. The van der Waals surface area contributed by atoms with Gasteiger partial charge in [0.25, 0.3) is 0 Å². The van der Waals surface area contributed by atoms with Gasteiger partial charge in [0.2, 0.25) is 0 Å². The number of aryl methyl sites for hydroxylation is 1. The monoisotopic (exact) mass is 425 g/mol. The lowest BCUT2D eigenvalue weighted by Crippen LogP contribution is -2.34. The maximum Gasteiger partial charge on any atom is 0.407 e. The second-order valence-corrected chi connectivity index (χ2v) is 7.56. The van der Waals surface area contributed by atoms with Crippen molar-refractivity contribution in [3.8, 4) is 5.75 Å². The van der Waals surface area contributed by atoms with Crippen LogP contribution in [0.5, 0.6) is 5.75 Å². The number of benzene rings is 1. The highest BCUT2D eigenvalue weighted by molar-refractivity contribution is 9.10. The van der Waals surface area contributed by atoms with Gasteiger partial charge in [0.15, 0.2) is 0 Å². The molecule has 0 spiro atoms. The largest absolute Gasteiger partial charge is 0.489 e. The van der Waals surface area contributed by atoms with Gasteiger partial charge in [-0.05, 0) is 39.8 Å². The van der Waals surface area contributed by atoms with Crippen LogP contribution in [0.15, 0.2) is 22.9 Å². The minimum absolute atomic E-state index is 0.376. The highest BCUT2D eigenvalue weighted by atomic mass is 79.9. The number of fused-ring (bicyclic) bond motifs is 1. The third kappa shape index (κ3) is 6.42. The van der Waals surface area contributed by atoms with E-state index in [1.54, 1.807) is 0 Å². The lowest BCUT2D eigenvalue weighted by Gasteiger charge is -2.19. The van der Waals surface area contributed by atoms with Gasteiger partial charge >= 0.3 is 6.09 Å². The Kier molecular flexibility index (Phi) is 7.16. The Balaban J connectivity index is 1.73. The molecular formula is C18H24BrN3O4. The van der Waals surface area contributed by atoms with Crippen molar-refractivity contribution in [1.29, 1.82) is 0 Å². The van der Waals surface area contributed by atoms with Crippen LogP contribution < -0.4 is 10.1 Å². The van der Waals surface area contributed by atoms with Gasteiger partial charge in [-0.25, -0.2) is 14.8 Å². The second kappa shape index (κ2) is 9.14. The van der Waals surface area contributed by atoms with Crippen molar-refractivity contribution in [2.75, 3.05) is 26.4 Å². The van der Waals surface area contributed by atoms with Crippen molar-refractivity contribution in [3.05, 3.63) is 28.6 Å². The van der Waals surface area contributed by atoms with E-state index in [1.165, 1.54) is 6.33 Å². The first kappa shape index (κ1) is 20.4. The molecule has 0 bridgehead atoms. The van der Waals surface area contributed by atoms with Crippen molar-refractivity contribution in [3.63, 3.8) is 0 Å². The SMILES string of the molecule is Cc1ncnc2c(OCCOCCNC(=O)OC(C)(C)C)cc(Br)cc12. The summed E-state index contributed by atoms with van der Waals surface area (Å²) in [6.45, 7) is 8.91. The molecule has 1 heterocycles. The molecule has 0 aliphatic rings. The molecule has 1 aromatic carbocycles. The van der Waals surface area contributed by atoms with Gasteiger partial charge < -0.3 is 19.5 Å². The van der Waals surface area contributed by atoms with Gasteiger partial charge in [-0.1, -0.05) is 15.9 Å². The molecular weight excluding hydrogens is 402 g/mol. The van der Waals surface area contributed by atoms with Crippen LogP contribution in [-0.2, 0) is 9.47 Å². The van der Waals surface area contributed by atoms with E-state index in [0.29, 0.717) is 32.1 Å². The van der Waals surface area contributed by atoms with Crippen molar-refractivity contribution in [2.24, 2.45) is 0 Å². The molecule has 7 nitrogen and oxygen atoms in total. The fraction of sp³-hybridized carbons (Fsp3) is 0.500. The zero-order valence-corrected chi connectivity index (χ0v) is 17.1. The molecule has 0 saturated carbocycles. The molecule has 0 radical (unpaired) electrons. The molecule has 2 rings (SSSR count). The number of halogens is 1. The van der Waals surface area contributed by atoms with E-state index in [-0.39, 0.29) is 0 Å². The van der Waals surface area contributed by atoms with Crippen LogP contribution in [0.3, 0.4) is 0 Å². The number of alkyl carbamates (subject to hydrolysis) is 1. The Hall–Kier alpha value is -1.93. The molecule has 0 saturated heterocycles. The maximum atomic E-state index is 11.5. The molecule has 2 aromatic rings. The Labute approximate surface area is 161 Å². The molecule has 0 fully saturated rings. The third-order valence-electron chi connectivity index (χ3n) is 3.27. The minimum Gasteiger partial charge on any atom is -0.489 e. The predicted octanol–water partition coefficient (Wildman–Crippen LogP) is 3.62. The zero-order chi connectivity index (χ0) is 19.2. The number of carbonyl (C=O) groups excluding carboxylic acids is 1. The topological polar surface area (TPSA) is 82.6 Å². The summed E-state index contributed by atoms with van der Waals surface area (Å²) in [5.74, 6) is 0.676. The van der Waals surface area contributed by atoms with E-state index in [9.17, 15) is 4.79 Å². The van der Waals surface area contributed by atoms with Crippen molar-refractivity contribution >= 4 is 32.9 Å². The number of hydrogen-bond donors (Lipinski definition) is 1. The van der Waals surface area contributed by atoms with Crippen LogP contribution in [0.2, 0.25) is 0 Å². The summed E-state index contributed by atoms with van der Waals surface area (Å²) in [6.07, 6.45) is 1.07. The van der Waals surface area contributed by atoms with Crippen molar-refractivity contribution < 1.29 is 19.0 Å². The smallest absolute Gasteiger partial charge is 0.407 e. The zero-order valence-electron chi connectivity index (χ0n) is 15.5. The fourth-order valence-corrected chi connectivity index (χ4v) is 2.62. The molecule has 8 heteroatoms. The van der Waals surface area contributed by atoms with Crippen LogP contribution in [0.1, 0.15) is 26.5 Å². The average Bonchev–Trinajstić information content (AvgIpc) is 2.53. The molecule has 1 amide bonds. The lowest BCUT2D eigenvalue weighted by molar-refractivity contribution is 0.0489. The number of aromatic nitrogens is 2. The summed E-state index contributed by atoms with van der Waals surface area (Å²) in [5.41, 5.74) is 1.16.